The van der Waals surface area contributed by atoms with Crippen LogP contribution < -0.4 is 5.32 Å². The van der Waals surface area contributed by atoms with Crippen LogP contribution >= 0.6 is 0 Å². The fraction of sp³-hybridized carbons (Fsp3) is 0.862. The third kappa shape index (κ3) is 48.2. The number of hydrogen-bond donors (Lipinski definition) is 1. The van der Waals surface area contributed by atoms with E-state index >= 15 is 0 Å². The minimum atomic E-state index is 0.844. The molecule has 0 aromatic heterocycles. The molecule has 31 heavy (non-hydrogen) atoms. The predicted octanol–water partition coefficient (Wildman–Crippen LogP) is 9.13. The van der Waals surface area contributed by atoms with Crippen molar-refractivity contribution in [2.45, 2.75) is 120 Å². The first kappa shape index (κ1) is 37.7. The van der Waals surface area contributed by atoms with E-state index in [1.165, 1.54) is 51.4 Å². The van der Waals surface area contributed by atoms with E-state index in [1.807, 2.05) is 7.05 Å². The molecule has 0 saturated heterocycles. The number of unbranched alkanes of at least 4 members (excludes halogenated alkanes) is 1. The van der Waals surface area contributed by atoms with Crippen molar-refractivity contribution in [3.8, 4) is 0 Å². The molecule has 2 heteroatoms. The van der Waals surface area contributed by atoms with Gasteiger partial charge >= 0.3 is 0 Å². The Morgan fingerprint density at radius 1 is 0.710 bits per heavy atom. The number of rotatable bonds is 14. The van der Waals surface area contributed by atoms with Crippen molar-refractivity contribution in [1.82, 2.24) is 10.2 Å². The first-order valence-electron chi connectivity index (χ1n) is 13.5. The molecule has 0 saturated carbocycles. The van der Waals surface area contributed by atoms with Crippen molar-refractivity contribution in [3.63, 3.8) is 0 Å². The molecular weight excluding hydrogens is 376 g/mol. The summed E-state index contributed by atoms with van der Waals surface area (Å²) in [6, 6.07) is 0. The largest absolute Gasteiger partial charge is 0.320 e. The lowest BCUT2D eigenvalue weighted by Gasteiger charge is -2.09. The highest BCUT2D eigenvalue weighted by atomic mass is 15.1. The molecule has 1 N–H and O–H groups in total. The van der Waals surface area contributed by atoms with E-state index in [1.54, 1.807) is 0 Å². The van der Waals surface area contributed by atoms with Crippen LogP contribution in [0.25, 0.3) is 0 Å². The van der Waals surface area contributed by atoms with E-state index in [4.69, 9.17) is 0 Å². The maximum absolute atomic E-state index is 3.02. The maximum Gasteiger partial charge on any atom is 0.0160 e. The van der Waals surface area contributed by atoms with Gasteiger partial charge < -0.3 is 10.2 Å². The molecule has 0 amide bonds. The Balaban J connectivity index is -0.000000198. The zero-order chi connectivity index (χ0) is 24.8. The van der Waals surface area contributed by atoms with Gasteiger partial charge in [0.15, 0.2) is 0 Å². The van der Waals surface area contributed by atoms with E-state index in [9.17, 15) is 0 Å². The van der Waals surface area contributed by atoms with E-state index in [-0.39, 0.29) is 0 Å². The molecule has 2 nitrogen and oxygen atoms in total. The van der Waals surface area contributed by atoms with Gasteiger partial charge in [-0.15, -0.1) is 0 Å². The van der Waals surface area contributed by atoms with Crippen LogP contribution in [0.1, 0.15) is 120 Å². The molecule has 0 aromatic rings. The lowest BCUT2D eigenvalue weighted by Crippen LogP contribution is -2.16. The zero-order valence-electron chi connectivity index (χ0n) is 23.9. The number of nitrogens with zero attached hydrogens (tertiary/aromatic N) is 1. The SMILES string of the molecule is CCC(C)CC.CCCC.CCCC(C)C/C=C\C/C=C\CN(C)CC.CCCNC. The average molecular weight is 441 g/mol. The molecular formula is C29H64N2. The van der Waals surface area contributed by atoms with Gasteiger partial charge in [0.2, 0.25) is 0 Å². The van der Waals surface area contributed by atoms with E-state index in [0.29, 0.717) is 0 Å². The van der Waals surface area contributed by atoms with Crippen molar-refractivity contribution in [1.29, 1.82) is 0 Å². The molecule has 1 unspecified atom stereocenters. The second-order valence-electron chi connectivity index (χ2n) is 8.69. The first-order valence-corrected chi connectivity index (χ1v) is 13.5. The standard InChI is InChI=1S/C15H29N.C6H14.C4H11N.C4H10/c1-5-12-15(3)13-10-8-7-9-11-14-16(4)6-2;1-4-6(3)5-2;1-3-4-5-2;1-3-4-2/h8-11,15H,5-7,12-14H2,1-4H3;6H,4-5H2,1-3H3;5H,3-4H2,1-2H3;3-4H2,1-2H3/b10-8-,11-9-;;;. The highest BCUT2D eigenvalue weighted by Crippen LogP contribution is 2.10. The number of hydrogen-bond acceptors (Lipinski definition) is 2. The molecule has 1 atom stereocenters. The highest BCUT2D eigenvalue weighted by Gasteiger charge is 1.95. The van der Waals surface area contributed by atoms with Crippen LogP contribution in [-0.4, -0.2) is 38.6 Å². The lowest BCUT2D eigenvalue weighted by molar-refractivity contribution is 0.392. The number of nitrogens with one attached hydrogen (secondary N) is 1. The van der Waals surface area contributed by atoms with Crippen molar-refractivity contribution < 1.29 is 0 Å². The normalized spacial score (nSPS) is 11.6. The van der Waals surface area contributed by atoms with Gasteiger partial charge in [-0.1, -0.05) is 125 Å². The van der Waals surface area contributed by atoms with Crippen LogP contribution in [0.3, 0.4) is 0 Å². The summed E-state index contributed by atoms with van der Waals surface area (Å²) < 4.78 is 0. The summed E-state index contributed by atoms with van der Waals surface area (Å²) in [4.78, 5) is 2.30. The van der Waals surface area contributed by atoms with Gasteiger partial charge in [0, 0.05) is 6.54 Å². The zero-order valence-corrected chi connectivity index (χ0v) is 23.9. The second kappa shape index (κ2) is 36.8. The summed E-state index contributed by atoms with van der Waals surface area (Å²) in [5.74, 6) is 1.78. The van der Waals surface area contributed by atoms with Gasteiger partial charge in [-0.25, -0.2) is 0 Å². The molecule has 0 spiro atoms. The number of likely N-dealkylation sites (N-methyl/N-ethyl adjacent to an activating group) is 1. The molecule has 0 aliphatic heterocycles. The average Bonchev–Trinajstić information content (AvgIpc) is 2.79. The highest BCUT2D eigenvalue weighted by molar-refractivity contribution is 4.94. The van der Waals surface area contributed by atoms with Crippen LogP contribution in [0.15, 0.2) is 24.3 Å². The van der Waals surface area contributed by atoms with Gasteiger partial charge in [-0.2, -0.15) is 0 Å². The Hall–Kier alpha value is -0.600. The molecule has 0 aliphatic rings. The summed E-state index contributed by atoms with van der Waals surface area (Å²) in [5.41, 5.74) is 0. The third-order valence-electron chi connectivity index (χ3n) is 5.28. The summed E-state index contributed by atoms with van der Waals surface area (Å²) in [5, 5.41) is 3.02. The Morgan fingerprint density at radius 3 is 1.58 bits per heavy atom. The maximum atomic E-state index is 3.02. The Kier molecular flexibility index (Phi) is 44.7. The van der Waals surface area contributed by atoms with Crippen LogP contribution in [0.4, 0.5) is 0 Å². The first-order chi connectivity index (χ1) is 14.8. The third-order valence-corrected chi connectivity index (χ3v) is 5.28. The molecule has 0 radical (unpaired) electrons. The van der Waals surface area contributed by atoms with Gasteiger partial charge in [0.05, 0.1) is 0 Å². The van der Waals surface area contributed by atoms with Crippen molar-refractivity contribution in [2.75, 3.05) is 33.7 Å². The smallest absolute Gasteiger partial charge is 0.0160 e. The van der Waals surface area contributed by atoms with Crippen LogP contribution in [-0.2, 0) is 0 Å². The summed E-state index contributed by atoms with van der Waals surface area (Å²) in [6.07, 6.45) is 20.6. The minimum absolute atomic E-state index is 0.844. The topological polar surface area (TPSA) is 15.3 Å². The van der Waals surface area contributed by atoms with Gasteiger partial charge in [-0.3, -0.25) is 0 Å². The summed E-state index contributed by atoms with van der Waals surface area (Å²) in [7, 11) is 4.11. The molecule has 0 rings (SSSR count). The summed E-state index contributed by atoms with van der Waals surface area (Å²) in [6.45, 7) is 23.3. The Labute approximate surface area is 200 Å². The monoisotopic (exact) mass is 441 g/mol. The molecule has 0 aromatic carbocycles. The Morgan fingerprint density at radius 2 is 1.26 bits per heavy atom. The second-order valence-corrected chi connectivity index (χ2v) is 8.69. The fourth-order valence-electron chi connectivity index (χ4n) is 2.13. The van der Waals surface area contributed by atoms with E-state index in [2.05, 4.69) is 104 Å². The van der Waals surface area contributed by atoms with Crippen molar-refractivity contribution >= 4 is 0 Å². The van der Waals surface area contributed by atoms with E-state index < -0.39 is 0 Å². The van der Waals surface area contributed by atoms with Gasteiger partial charge in [0.25, 0.3) is 0 Å². The molecule has 0 aliphatic carbocycles. The Bertz CT molecular complexity index is 315. The van der Waals surface area contributed by atoms with Crippen LogP contribution in [0.5, 0.6) is 0 Å². The lowest BCUT2D eigenvalue weighted by atomic mass is 10.0. The van der Waals surface area contributed by atoms with Gasteiger partial charge in [0.1, 0.15) is 0 Å². The number of allylic oxidation sites excluding steroid dienone is 3. The van der Waals surface area contributed by atoms with Gasteiger partial charge in [-0.05, 0) is 58.3 Å². The molecule has 0 bridgehead atoms. The summed E-state index contributed by atoms with van der Waals surface area (Å²) >= 11 is 0. The van der Waals surface area contributed by atoms with Crippen molar-refractivity contribution in [2.24, 2.45) is 11.8 Å². The van der Waals surface area contributed by atoms with E-state index in [0.717, 1.165) is 37.9 Å². The molecule has 0 fully saturated rings. The molecule has 190 valence electrons. The van der Waals surface area contributed by atoms with Crippen LogP contribution in [0.2, 0.25) is 0 Å². The molecule has 0 heterocycles. The fourth-order valence-corrected chi connectivity index (χ4v) is 2.13. The minimum Gasteiger partial charge on any atom is -0.320 e. The van der Waals surface area contributed by atoms with Crippen molar-refractivity contribution in [3.05, 3.63) is 24.3 Å². The predicted molar refractivity (Wildman–Crippen MR) is 149 cm³/mol. The van der Waals surface area contributed by atoms with Crippen LogP contribution in [0, 0.1) is 11.8 Å². The quantitative estimate of drug-likeness (QED) is 0.271.